The minimum absolute atomic E-state index is 0.0982. The van der Waals surface area contributed by atoms with Crippen LogP contribution in [0, 0.1) is 6.92 Å². The van der Waals surface area contributed by atoms with Gasteiger partial charge in [0.2, 0.25) is 0 Å². The van der Waals surface area contributed by atoms with Crippen LogP contribution in [0.4, 0.5) is 5.82 Å². The van der Waals surface area contributed by atoms with Crippen LogP contribution in [0.15, 0.2) is 30.3 Å². The number of benzene rings is 1. The number of aromatic nitrogens is 3. The van der Waals surface area contributed by atoms with Crippen LogP contribution < -0.4 is 5.73 Å². The molecule has 0 radical (unpaired) electrons. The van der Waals surface area contributed by atoms with Crippen LogP contribution in [0.3, 0.4) is 0 Å². The number of hydrogen-bond donors (Lipinski definition) is 1. The summed E-state index contributed by atoms with van der Waals surface area (Å²) in [6, 6.07) is 10.5. The lowest BCUT2D eigenvalue weighted by molar-refractivity contribution is 0.508. The van der Waals surface area contributed by atoms with Crippen LogP contribution in [0.25, 0.3) is 0 Å². The predicted molar refractivity (Wildman–Crippen MR) is 74.7 cm³/mol. The Morgan fingerprint density at radius 1 is 1.05 bits per heavy atom. The van der Waals surface area contributed by atoms with Crippen molar-refractivity contribution in [3.8, 4) is 0 Å². The van der Waals surface area contributed by atoms with E-state index in [9.17, 15) is 0 Å². The highest BCUT2D eigenvalue weighted by molar-refractivity contribution is 5.47. The number of hydrogen-bond acceptors (Lipinski definition) is 4. The largest absolute Gasteiger partial charge is 0.382 e. The first-order valence-electron chi connectivity index (χ1n) is 6.75. The lowest BCUT2D eigenvalue weighted by Gasteiger charge is -2.29. The van der Waals surface area contributed by atoms with Gasteiger partial charge >= 0.3 is 0 Å². The standard InChI is InChI=1S/C15H18N4/c1-11-17-14(16)13(19-18-11)15(9-5-6-10-15)12-7-3-2-4-8-12/h2-4,7-8H,5-6,9-10H2,1H3,(H2,16,17,18). The fraction of sp³-hybridized carbons (Fsp3) is 0.400. The van der Waals surface area contributed by atoms with Crippen LogP contribution in [-0.4, -0.2) is 15.2 Å². The molecule has 4 nitrogen and oxygen atoms in total. The van der Waals surface area contributed by atoms with Gasteiger partial charge in [0.15, 0.2) is 0 Å². The van der Waals surface area contributed by atoms with Crippen LogP contribution >= 0.6 is 0 Å². The normalized spacial score (nSPS) is 17.5. The van der Waals surface area contributed by atoms with Gasteiger partial charge in [0.1, 0.15) is 17.3 Å². The summed E-state index contributed by atoms with van der Waals surface area (Å²) in [7, 11) is 0. The molecule has 2 N–H and O–H groups in total. The van der Waals surface area contributed by atoms with E-state index in [4.69, 9.17) is 5.73 Å². The number of rotatable bonds is 2. The maximum absolute atomic E-state index is 6.11. The van der Waals surface area contributed by atoms with Crippen molar-refractivity contribution >= 4 is 5.82 Å². The third-order valence-electron chi connectivity index (χ3n) is 4.06. The first kappa shape index (κ1) is 12.1. The molecule has 1 aromatic carbocycles. The van der Waals surface area contributed by atoms with Gasteiger partial charge in [-0.2, -0.15) is 0 Å². The third-order valence-corrected chi connectivity index (χ3v) is 4.06. The van der Waals surface area contributed by atoms with E-state index in [0.717, 1.165) is 18.5 Å². The van der Waals surface area contributed by atoms with E-state index in [1.807, 2.05) is 13.0 Å². The van der Waals surface area contributed by atoms with Gasteiger partial charge in [0.05, 0.1) is 0 Å². The molecule has 19 heavy (non-hydrogen) atoms. The lowest BCUT2D eigenvalue weighted by Crippen LogP contribution is -2.28. The molecular formula is C15H18N4. The van der Waals surface area contributed by atoms with Crippen LogP contribution in [0.2, 0.25) is 0 Å². The molecule has 0 spiro atoms. The van der Waals surface area contributed by atoms with Crippen LogP contribution in [0.1, 0.15) is 42.8 Å². The summed E-state index contributed by atoms with van der Waals surface area (Å²) in [6.45, 7) is 1.82. The summed E-state index contributed by atoms with van der Waals surface area (Å²) in [6.07, 6.45) is 4.54. The second-order valence-corrected chi connectivity index (χ2v) is 5.25. The Bertz CT molecular complexity index is 574. The Kier molecular flexibility index (Phi) is 2.93. The zero-order chi connectivity index (χ0) is 13.3. The molecule has 0 saturated heterocycles. The molecule has 0 bridgehead atoms. The molecule has 0 amide bonds. The summed E-state index contributed by atoms with van der Waals surface area (Å²) in [5.41, 5.74) is 8.14. The van der Waals surface area contributed by atoms with Gasteiger partial charge in [-0.05, 0) is 25.3 Å². The molecule has 4 heteroatoms. The van der Waals surface area contributed by atoms with Crippen molar-refractivity contribution in [3.63, 3.8) is 0 Å². The van der Waals surface area contributed by atoms with E-state index in [1.54, 1.807) is 0 Å². The highest BCUT2D eigenvalue weighted by atomic mass is 15.2. The fourth-order valence-corrected chi connectivity index (χ4v) is 3.16. The smallest absolute Gasteiger partial charge is 0.150 e. The molecule has 1 aliphatic carbocycles. The second-order valence-electron chi connectivity index (χ2n) is 5.25. The van der Waals surface area contributed by atoms with Crippen molar-refractivity contribution in [1.29, 1.82) is 0 Å². The van der Waals surface area contributed by atoms with Crippen molar-refractivity contribution in [2.24, 2.45) is 0 Å². The van der Waals surface area contributed by atoms with Crippen LogP contribution in [0.5, 0.6) is 0 Å². The van der Waals surface area contributed by atoms with Crippen molar-refractivity contribution in [2.45, 2.75) is 38.0 Å². The van der Waals surface area contributed by atoms with E-state index >= 15 is 0 Å². The number of nitrogen functional groups attached to an aromatic ring is 1. The topological polar surface area (TPSA) is 64.7 Å². The van der Waals surface area contributed by atoms with Gasteiger partial charge in [0.25, 0.3) is 0 Å². The Labute approximate surface area is 113 Å². The number of nitrogens with zero attached hydrogens (tertiary/aromatic N) is 3. The van der Waals surface area contributed by atoms with E-state index in [-0.39, 0.29) is 5.41 Å². The van der Waals surface area contributed by atoms with Crippen molar-refractivity contribution in [2.75, 3.05) is 5.73 Å². The molecule has 1 saturated carbocycles. The molecule has 3 rings (SSSR count). The lowest BCUT2D eigenvalue weighted by atomic mass is 9.76. The molecule has 0 atom stereocenters. The van der Waals surface area contributed by atoms with Crippen molar-refractivity contribution in [3.05, 3.63) is 47.4 Å². The Hall–Kier alpha value is -1.97. The molecule has 1 heterocycles. The first-order valence-corrected chi connectivity index (χ1v) is 6.75. The average Bonchev–Trinajstić information content (AvgIpc) is 2.90. The van der Waals surface area contributed by atoms with Gasteiger partial charge in [-0.15, -0.1) is 10.2 Å². The number of anilines is 1. The maximum atomic E-state index is 6.11. The Balaban J connectivity index is 2.16. The number of aryl methyl sites for hydroxylation is 1. The van der Waals surface area contributed by atoms with E-state index in [1.165, 1.54) is 18.4 Å². The SMILES string of the molecule is Cc1nnc(C2(c3ccccc3)CCCC2)c(N)n1. The minimum Gasteiger partial charge on any atom is -0.382 e. The van der Waals surface area contributed by atoms with Gasteiger partial charge in [-0.25, -0.2) is 4.98 Å². The molecule has 2 aromatic rings. The summed E-state index contributed by atoms with van der Waals surface area (Å²) >= 11 is 0. The van der Waals surface area contributed by atoms with Crippen molar-refractivity contribution < 1.29 is 0 Å². The Morgan fingerprint density at radius 3 is 2.37 bits per heavy atom. The zero-order valence-corrected chi connectivity index (χ0v) is 11.1. The highest BCUT2D eigenvalue weighted by Crippen LogP contribution is 2.46. The van der Waals surface area contributed by atoms with E-state index < -0.39 is 0 Å². The minimum atomic E-state index is -0.0982. The molecule has 98 valence electrons. The quantitative estimate of drug-likeness (QED) is 0.894. The molecule has 1 fully saturated rings. The molecule has 0 aliphatic heterocycles. The summed E-state index contributed by atoms with van der Waals surface area (Å²) in [4.78, 5) is 4.29. The van der Waals surface area contributed by atoms with Gasteiger partial charge in [-0.3, -0.25) is 0 Å². The van der Waals surface area contributed by atoms with Gasteiger partial charge in [-0.1, -0.05) is 43.2 Å². The summed E-state index contributed by atoms with van der Waals surface area (Å²) in [5.74, 6) is 1.15. The highest BCUT2D eigenvalue weighted by Gasteiger charge is 2.40. The van der Waals surface area contributed by atoms with Gasteiger partial charge in [0, 0.05) is 5.41 Å². The maximum Gasteiger partial charge on any atom is 0.150 e. The molecular weight excluding hydrogens is 236 g/mol. The summed E-state index contributed by atoms with van der Waals surface area (Å²) < 4.78 is 0. The Morgan fingerprint density at radius 2 is 1.74 bits per heavy atom. The van der Waals surface area contributed by atoms with Crippen molar-refractivity contribution in [1.82, 2.24) is 15.2 Å². The number of nitrogens with two attached hydrogens (primary N) is 1. The van der Waals surface area contributed by atoms with Crippen LogP contribution in [-0.2, 0) is 5.41 Å². The monoisotopic (exact) mass is 254 g/mol. The molecule has 0 unspecified atom stereocenters. The summed E-state index contributed by atoms with van der Waals surface area (Å²) in [5, 5.41) is 8.48. The second kappa shape index (κ2) is 4.61. The fourth-order valence-electron chi connectivity index (χ4n) is 3.16. The molecule has 1 aliphatic rings. The molecule has 1 aromatic heterocycles. The average molecular weight is 254 g/mol. The zero-order valence-electron chi connectivity index (χ0n) is 11.1. The van der Waals surface area contributed by atoms with E-state index in [0.29, 0.717) is 11.6 Å². The third kappa shape index (κ3) is 1.97. The first-order chi connectivity index (χ1) is 9.22. The van der Waals surface area contributed by atoms with Gasteiger partial charge < -0.3 is 5.73 Å². The predicted octanol–water partition coefficient (Wildman–Crippen LogP) is 2.62. The van der Waals surface area contributed by atoms with E-state index in [2.05, 4.69) is 39.4 Å².